The summed E-state index contributed by atoms with van der Waals surface area (Å²) in [5.74, 6) is 0. The van der Waals surface area contributed by atoms with Gasteiger partial charge < -0.3 is 17.5 Å². The van der Waals surface area contributed by atoms with Crippen LogP contribution >= 0.6 is 0 Å². The summed E-state index contributed by atoms with van der Waals surface area (Å²) in [5.41, 5.74) is 0.499. The molecule has 0 unspecified atom stereocenters. The lowest BCUT2D eigenvalue weighted by molar-refractivity contribution is 0.501. The molecular formula is C8H7BF3N2-. The van der Waals surface area contributed by atoms with Gasteiger partial charge in [0.1, 0.15) is 0 Å². The van der Waals surface area contributed by atoms with Gasteiger partial charge in [-0.3, -0.25) is 0 Å². The van der Waals surface area contributed by atoms with Crippen LogP contribution in [0.2, 0.25) is 0 Å². The Kier molecular flexibility index (Phi) is 1.80. The second-order valence-electron chi connectivity index (χ2n) is 3.18. The maximum absolute atomic E-state index is 12.4. The number of hydrogen-bond acceptors (Lipinski definition) is 1. The average molecular weight is 199 g/mol. The minimum Gasteiger partial charge on any atom is -0.445 e. The lowest BCUT2D eigenvalue weighted by Gasteiger charge is -2.14. The van der Waals surface area contributed by atoms with E-state index < -0.39 is 12.4 Å². The van der Waals surface area contributed by atoms with Gasteiger partial charge in [-0.1, -0.05) is 12.1 Å². The minimum atomic E-state index is -4.92. The Morgan fingerprint density at radius 2 is 2.00 bits per heavy atom. The Morgan fingerprint density at radius 1 is 1.29 bits per heavy atom. The van der Waals surface area contributed by atoms with Crippen LogP contribution in [0.5, 0.6) is 0 Å². The summed E-state index contributed by atoms with van der Waals surface area (Å²) in [6, 6.07) is 3.58. The second kappa shape index (κ2) is 2.77. The highest BCUT2D eigenvalue weighted by Gasteiger charge is 2.25. The molecule has 2 aromatic rings. The van der Waals surface area contributed by atoms with Crippen molar-refractivity contribution < 1.29 is 12.9 Å². The molecule has 0 saturated carbocycles. The van der Waals surface area contributed by atoms with Gasteiger partial charge in [-0.2, -0.15) is 0 Å². The van der Waals surface area contributed by atoms with Crippen molar-refractivity contribution in [2.45, 2.75) is 0 Å². The van der Waals surface area contributed by atoms with Crippen LogP contribution < -0.4 is 5.46 Å². The third-order valence-electron chi connectivity index (χ3n) is 2.13. The molecule has 0 spiro atoms. The zero-order valence-electron chi connectivity index (χ0n) is 7.42. The highest BCUT2D eigenvalue weighted by atomic mass is 19.4. The molecule has 1 aromatic carbocycles. The van der Waals surface area contributed by atoms with Gasteiger partial charge in [0.15, 0.2) is 0 Å². The maximum atomic E-state index is 12.4. The first-order valence-corrected chi connectivity index (χ1v) is 4.09. The van der Waals surface area contributed by atoms with E-state index in [0.29, 0.717) is 11.0 Å². The number of benzene rings is 1. The van der Waals surface area contributed by atoms with E-state index in [9.17, 15) is 12.9 Å². The van der Waals surface area contributed by atoms with E-state index in [4.69, 9.17) is 0 Å². The predicted octanol–water partition coefficient (Wildman–Crippen LogP) is 1.63. The quantitative estimate of drug-likeness (QED) is 0.638. The van der Waals surface area contributed by atoms with Gasteiger partial charge in [0, 0.05) is 7.05 Å². The predicted molar refractivity (Wildman–Crippen MR) is 49.4 cm³/mol. The van der Waals surface area contributed by atoms with Crippen LogP contribution in [-0.4, -0.2) is 16.5 Å². The number of aromatic nitrogens is 2. The first kappa shape index (κ1) is 9.11. The van der Waals surface area contributed by atoms with Crippen molar-refractivity contribution in [3.8, 4) is 0 Å². The number of hydrogen-bond donors (Lipinski definition) is 0. The fraction of sp³-hybridized carbons (Fsp3) is 0.125. The van der Waals surface area contributed by atoms with Gasteiger partial charge in [-0.05, 0) is 6.07 Å². The van der Waals surface area contributed by atoms with E-state index in [2.05, 4.69) is 4.98 Å². The lowest BCUT2D eigenvalue weighted by Crippen LogP contribution is -2.33. The molecule has 0 aliphatic rings. The molecule has 2 nitrogen and oxygen atoms in total. The van der Waals surface area contributed by atoms with Gasteiger partial charge in [-0.15, -0.1) is 5.46 Å². The molecule has 1 heterocycles. The van der Waals surface area contributed by atoms with E-state index in [1.807, 2.05) is 0 Å². The average Bonchev–Trinajstić information content (AvgIpc) is 2.46. The summed E-state index contributed by atoms with van der Waals surface area (Å²) < 4.78 is 38.7. The number of imidazole rings is 1. The maximum Gasteiger partial charge on any atom is 0.509 e. The summed E-state index contributed by atoms with van der Waals surface area (Å²) in [5, 5.41) is 0. The number of fused-ring (bicyclic) bond motifs is 1. The van der Waals surface area contributed by atoms with Crippen molar-refractivity contribution >= 4 is 23.5 Å². The standard InChI is InChI=1S/C8H7BF3N2/c1-14-5-13-7-3-2-6(4-8(7)14)9(10,11)12/h2-5H,1H3/q-1. The van der Waals surface area contributed by atoms with Crippen molar-refractivity contribution in [3.63, 3.8) is 0 Å². The molecule has 2 rings (SSSR count). The van der Waals surface area contributed by atoms with E-state index in [0.717, 1.165) is 12.1 Å². The van der Waals surface area contributed by atoms with Crippen LogP contribution in [0.3, 0.4) is 0 Å². The topological polar surface area (TPSA) is 17.8 Å². The third kappa shape index (κ3) is 1.36. The second-order valence-corrected chi connectivity index (χ2v) is 3.18. The Hall–Kier alpha value is -1.46. The van der Waals surface area contributed by atoms with Crippen LogP contribution in [-0.2, 0) is 7.05 Å². The highest BCUT2D eigenvalue weighted by Crippen LogP contribution is 2.14. The minimum absolute atomic E-state index is 0.502. The Bertz CT molecular complexity index is 475. The fourth-order valence-corrected chi connectivity index (χ4v) is 1.35. The largest absolute Gasteiger partial charge is 0.509 e. The Balaban J connectivity index is 2.66. The number of nitrogens with zero attached hydrogens (tertiary/aromatic N) is 2. The molecule has 0 fully saturated rings. The molecule has 0 N–H and O–H groups in total. The molecule has 0 aliphatic carbocycles. The van der Waals surface area contributed by atoms with Crippen LogP contribution in [0.4, 0.5) is 12.9 Å². The van der Waals surface area contributed by atoms with Gasteiger partial charge in [0.2, 0.25) is 0 Å². The van der Waals surface area contributed by atoms with Crippen molar-refractivity contribution in [2.75, 3.05) is 0 Å². The number of halogens is 3. The summed E-state index contributed by atoms with van der Waals surface area (Å²) in [7, 11) is 1.67. The lowest BCUT2D eigenvalue weighted by atomic mass is 9.80. The van der Waals surface area contributed by atoms with Crippen LogP contribution in [0.15, 0.2) is 24.5 Å². The van der Waals surface area contributed by atoms with Crippen LogP contribution in [0.1, 0.15) is 0 Å². The molecule has 0 saturated heterocycles. The van der Waals surface area contributed by atoms with Gasteiger partial charge in [0.05, 0.1) is 17.4 Å². The molecule has 74 valence electrons. The Morgan fingerprint density at radius 3 is 2.64 bits per heavy atom. The summed E-state index contributed by atoms with van der Waals surface area (Å²) >= 11 is 0. The number of rotatable bonds is 1. The molecular weight excluding hydrogens is 192 g/mol. The van der Waals surface area contributed by atoms with E-state index in [-0.39, 0.29) is 0 Å². The highest BCUT2D eigenvalue weighted by molar-refractivity contribution is 6.73. The molecule has 1 aromatic heterocycles. The van der Waals surface area contributed by atoms with Crippen molar-refractivity contribution in [2.24, 2.45) is 7.05 Å². The summed E-state index contributed by atoms with van der Waals surface area (Å²) in [4.78, 5) is 3.94. The first-order valence-electron chi connectivity index (χ1n) is 4.09. The van der Waals surface area contributed by atoms with Gasteiger partial charge in [-0.25, -0.2) is 4.98 Å². The molecule has 0 atom stereocenters. The van der Waals surface area contributed by atoms with Crippen molar-refractivity contribution in [1.29, 1.82) is 0 Å². The molecule has 6 heteroatoms. The van der Waals surface area contributed by atoms with Crippen LogP contribution in [0.25, 0.3) is 11.0 Å². The molecule has 0 bridgehead atoms. The SMILES string of the molecule is Cn1cnc2ccc([B-](F)(F)F)cc21. The summed E-state index contributed by atoms with van der Waals surface area (Å²) in [6.45, 7) is -4.92. The Labute approximate surface area is 78.4 Å². The monoisotopic (exact) mass is 199 g/mol. The zero-order chi connectivity index (χ0) is 10.3. The normalized spacial score (nSPS) is 12.3. The van der Waals surface area contributed by atoms with E-state index in [1.165, 1.54) is 12.4 Å². The van der Waals surface area contributed by atoms with Crippen LogP contribution in [0, 0.1) is 0 Å². The molecule has 0 radical (unpaired) electrons. The van der Waals surface area contributed by atoms with Crippen molar-refractivity contribution in [1.82, 2.24) is 9.55 Å². The van der Waals surface area contributed by atoms with E-state index >= 15 is 0 Å². The molecule has 14 heavy (non-hydrogen) atoms. The molecule has 0 amide bonds. The fourth-order valence-electron chi connectivity index (χ4n) is 1.35. The van der Waals surface area contributed by atoms with E-state index in [1.54, 1.807) is 11.6 Å². The van der Waals surface area contributed by atoms with Gasteiger partial charge in [0.25, 0.3) is 0 Å². The number of aryl methyl sites for hydroxylation is 1. The summed E-state index contributed by atoms with van der Waals surface area (Å²) in [6.07, 6.45) is 1.50. The van der Waals surface area contributed by atoms with Gasteiger partial charge >= 0.3 is 6.98 Å². The first-order chi connectivity index (χ1) is 6.48. The zero-order valence-corrected chi connectivity index (χ0v) is 7.42. The van der Waals surface area contributed by atoms with Crippen molar-refractivity contribution in [3.05, 3.63) is 24.5 Å². The molecule has 0 aliphatic heterocycles. The third-order valence-corrected chi connectivity index (χ3v) is 2.13. The smallest absolute Gasteiger partial charge is 0.445 e.